The topological polar surface area (TPSA) is 81.8 Å². The maximum atomic E-state index is 11.7. The van der Waals surface area contributed by atoms with Gasteiger partial charge in [-0.1, -0.05) is 90.4 Å². The Labute approximate surface area is 162 Å². The van der Waals surface area contributed by atoms with Crippen LogP contribution < -0.4 is 5.73 Å². The van der Waals surface area contributed by atoms with E-state index in [4.69, 9.17) is 14.8 Å². The summed E-state index contributed by atoms with van der Waals surface area (Å²) < 4.78 is 21.5. The van der Waals surface area contributed by atoms with Crippen LogP contribution in [0.5, 0.6) is 0 Å². The fraction of sp³-hybridized carbons (Fsp3) is 1.00. The van der Waals surface area contributed by atoms with Crippen LogP contribution in [0, 0.1) is 0 Å². The molecule has 0 aromatic rings. The lowest BCUT2D eigenvalue weighted by Gasteiger charge is -2.20. The second kappa shape index (κ2) is 16.1. The molecule has 0 heterocycles. The van der Waals surface area contributed by atoms with Crippen LogP contribution in [0.1, 0.15) is 111 Å². The second-order valence-corrected chi connectivity index (χ2v) is 9.61. The van der Waals surface area contributed by atoms with E-state index in [1.165, 1.54) is 70.6 Å². The Hall–Kier alpha value is 0.0700. The van der Waals surface area contributed by atoms with E-state index in [0.29, 0.717) is 0 Å². The van der Waals surface area contributed by atoms with E-state index in [0.717, 1.165) is 19.3 Å². The second-order valence-electron chi connectivity index (χ2n) is 8.16. The maximum Gasteiger partial charge on any atom is 0.472 e. The number of hydrogen-bond donors (Lipinski definition) is 2. The summed E-state index contributed by atoms with van der Waals surface area (Å²) >= 11 is 0. The number of phosphoric acid groups is 1. The third-order valence-electron chi connectivity index (χ3n) is 4.35. The van der Waals surface area contributed by atoms with Crippen LogP contribution in [0.2, 0.25) is 0 Å². The highest BCUT2D eigenvalue weighted by Gasteiger charge is 2.24. The summed E-state index contributed by atoms with van der Waals surface area (Å²) in [5.74, 6) is 0. The molecule has 0 amide bonds. The van der Waals surface area contributed by atoms with Gasteiger partial charge in [0.15, 0.2) is 0 Å². The number of nitrogens with two attached hydrogens (primary N) is 1. The smallest absolute Gasteiger partial charge is 0.324 e. The first-order chi connectivity index (χ1) is 12.3. The molecule has 1 unspecified atom stereocenters. The van der Waals surface area contributed by atoms with E-state index < -0.39 is 13.4 Å². The van der Waals surface area contributed by atoms with Crippen molar-refractivity contribution in [1.82, 2.24) is 0 Å². The van der Waals surface area contributed by atoms with Gasteiger partial charge < -0.3 is 10.6 Å². The lowest BCUT2D eigenvalue weighted by atomic mass is 10.0. The summed E-state index contributed by atoms with van der Waals surface area (Å²) in [6, 6.07) is 0. The average Bonchev–Trinajstić information content (AvgIpc) is 2.56. The largest absolute Gasteiger partial charge is 0.472 e. The monoisotopic (exact) mass is 393 g/mol. The van der Waals surface area contributed by atoms with Crippen molar-refractivity contribution >= 4 is 7.82 Å². The molecule has 26 heavy (non-hydrogen) atoms. The predicted molar refractivity (Wildman–Crippen MR) is 110 cm³/mol. The van der Waals surface area contributed by atoms with Gasteiger partial charge in [0.1, 0.15) is 0 Å². The molecule has 0 rings (SSSR count). The summed E-state index contributed by atoms with van der Waals surface area (Å²) in [5, 5.41) is 0. The molecular weight excluding hydrogens is 349 g/mol. The molecule has 6 heteroatoms. The highest BCUT2D eigenvalue weighted by Crippen LogP contribution is 2.43. The van der Waals surface area contributed by atoms with Crippen LogP contribution in [0.15, 0.2) is 0 Å². The van der Waals surface area contributed by atoms with E-state index in [-0.39, 0.29) is 13.2 Å². The SMILES string of the molecule is CCCCCCCCCCCCCCCCOP(=O)(O)OCC(C)(C)N. The molecule has 0 spiro atoms. The number of phosphoric ester groups is 1. The molecule has 3 N–H and O–H groups in total. The maximum absolute atomic E-state index is 11.7. The van der Waals surface area contributed by atoms with Crippen molar-refractivity contribution in [1.29, 1.82) is 0 Å². The van der Waals surface area contributed by atoms with Gasteiger partial charge in [-0.25, -0.2) is 4.57 Å². The van der Waals surface area contributed by atoms with Crippen LogP contribution in [-0.2, 0) is 13.6 Å². The zero-order valence-corrected chi connectivity index (χ0v) is 18.4. The third-order valence-corrected chi connectivity index (χ3v) is 5.32. The Morgan fingerprint density at radius 3 is 1.54 bits per heavy atom. The van der Waals surface area contributed by atoms with Crippen molar-refractivity contribution < 1.29 is 18.5 Å². The molecule has 0 aliphatic rings. The van der Waals surface area contributed by atoms with Crippen LogP contribution in [0.3, 0.4) is 0 Å². The first-order valence-corrected chi connectivity index (χ1v) is 12.2. The molecule has 0 aliphatic carbocycles. The third kappa shape index (κ3) is 20.4. The van der Waals surface area contributed by atoms with Gasteiger partial charge in [0.05, 0.1) is 13.2 Å². The van der Waals surface area contributed by atoms with Crippen molar-refractivity contribution in [3.8, 4) is 0 Å². The van der Waals surface area contributed by atoms with E-state index in [2.05, 4.69) is 6.92 Å². The Kier molecular flexibility index (Phi) is 16.1. The molecule has 1 atom stereocenters. The zero-order chi connectivity index (χ0) is 19.7. The fourth-order valence-corrected chi connectivity index (χ4v) is 3.69. The van der Waals surface area contributed by atoms with Gasteiger partial charge in [0.25, 0.3) is 0 Å². The number of hydrogen-bond acceptors (Lipinski definition) is 4. The van der Waals surface area contributed by atoms with Gasteiger partial charge in [-0.05, 0) is 20.3 Å². The van der Waals surface area contributed by atoms with Crippen molar-refractivity contribution in [2.75, 3.05) is 13.2 Å². The summed E-state index contributed by atoms with van der Waals surface area (Å²) in [4.78, 5) is 9.54. The average molecular weight is 394 g/mol. The van der Waals surface area contributed by atoms with Gasteiger partial charge in [0, 0.05) is 5.54 Å². The molecule has 158 valence electrons. The van der Waals surface area contributed by atoms with Crippen LogP contribution in [-0.4, -0.2) is 23.6 Å². The van der Waals surface area contributed by atoms with Gasteiger partial charge >= 0.3 is 7.82 Å². The van der Waals surface area contributed by atoms with Crippen LogP contribution >= 0.6 is 7.82 Å². The fourth-order valence-electron chi connectivity index (χ4n) is 2.76. The molecule has 0 fully saturated rings. The number of rotatable bonds is 19. The Morgan fingerprint density at radius 1 is 0.769 bits per heavy atom. The Morgan fingerprint density at radius 2 is 1.15 bits per heavy atom. The minimum absolute atomic E-state index is 0.000478. The molecule has 0 aliphatic heterocycles. The lowest BCUT2D eigenvalue weighted by molar-refractivity contribution is 0.127. The summed E-state index contributed by atoms with van der Waals surface area (Å²) in [6.45, 7) is 5.99. The number of unbranched alkanes of at least 4 members (excludes halogenated alkanes) is 13. The van der Waals surface area contributed by atoms with Crippen molar-refractivity contribution in [3.63, 3.8) is 0 Å². The summed E-state index contributed by atoms with van der Waals surface area (Å²) in [6.07, 6.45) is 17.9. The standard InChI is InChI=1S/C20H44NO4P/c1-4-5-6-7-8-9-10-11-12-13-14-15-16-17-18-24-26(22,23)25-19-20(2,3)21/h4-19,21H2,1-3H3,(H,22,23). The van der Waals surface area contributed by atoms with E-state index in [1.54, 1.807) is 13.8 Å². The molecule has 0 saturated carbocycles. The van der Waals surface area contributed by atoms with Crippen molar-refractivity contribution in [2.45, 2.75) is 116 Å². The van der Waals surface area contributed by atoms with E-state index >= 15 is 0 Å². The normalized spacial score (nSPS) is 14.5. The molecular formula is C20H44NO4P. The molecule has 0 aromatic heterocycles. The molecule has 0 bridgehead atoms. The minimum Gasteiger partial charge on any atom is -0.324 e. The van der Waals surface area contributed by atoms with E-state index in [1.807, 2.05) is 0 Å². The van der Waals surface area contributed by atoms with Crippen LogP contribution in [0.25, 0.3) is 0 Å². The lowest BCUT2D eigenvalue weighted by Crippen LogP contribution is -2.37. The highest BCUT2D eigenvalue weighted by atomic mass is 31.2. The molecule has 5 nitrogen and oxygen atoms in total. The molecule has 0 saturated heterocycles. The molecule has 0 aromatic carbocycles. The zero-order valence-electron chi connectivity index (χ0n) is 17.5. The van der Waals surface area contributed by atoms with Gasteiger partial charge in [0.2, 0.25) is 0 Å². The quantitative estimate of drug-likeness (QED) is 0.198. The van der Waals surface area contributed by atoms with Gasteiger partial charge in [-0.3, -0.25) is 9.05 Å². The first kappa shape index (κ1) is 26.1. The van der Waals surface area contributed by atoms with Gasteiger partial charge in [-0.2, -0.15) is 0 Å². The van der Waals surface area contributed by atoms with Crippen molar-refractivity contribution in [3.05, 3.63) is 0 Å². The summed E-state index contributed by atoms with van der Waals surface area (Å²) in [7, 11) is -3.96. The van der Waals surface area contributed by atoms with E-state index in [9.17, 15) is 9.46 Å². The first-order valence-electron chi connectivity index (χ1n) is 10.7. The highest BCUT2D eigenvalue weighted by molar-refractivity contribution is 7.47. The Balaban J connectivity index is 3.30. The summed E-state index contributed by atoms with van der Waals surface area (Å²) in [5.41, 5.74) is 5.07. The Bertz CT molecular complexity index is 358. The predicted octanol–water partition coefficient (Wildman–Crippen LogP) is 6.34. The van der Waals surface area contributed by atoms with Gasteiger partial charge in [-0.15, -0.1) is 0 Å². The van der Waals surface area contributed by atoms with Crippen molar-refractivity contribution in [2.24, 2.45) is 5.73 Å². The molecule has 0 radical (unpaired) electrons. The van der Waals surface area contributed by atoms with Crippen LogP contribution in [0.4, 0.5) is 0 Å². The minimum atomic E-state index is -3.96.